The lowest BCUT2D eigenvalue weighted by Crippen LogP contribution is -2.10. The Bertz CT molecular complexity index is 515. The fourth-order valence-corrected chi connectivity index (χ4v) is 2.10. The number of nitrogens with one attached hydrogen (secondary N) is 1. The third-order valence-corrected chi connectivity index (χ3v) is 3.20. The Balaban J connectivity index is 1.95. The van der Waals surface area contributed by atoms with Crippen molar-refractivity contribution in [3.05, 3.63) is 65.2 Å². The molecule has 2 nitrogen and oxygen atoms in total. The van der Waals surface area contributed by atoms with E-state index in [4.69, 9.17) is 0 Å². The maximum atomic E-state index is 3.47. The molecule has 2 aromatic carbocycles. The highest BCUT2D eigenvalue weighted by Gasteiger charge is 1.98. The van der Waals surface area contributed by atoms with Gasteiger partial charge in [0.05, 0.1) is 0 Å². The van der Waals surface area contributed by atoms with Crippen molar-refractivity contribution in [3.63, 3.8) is 0 Å². The van der Waals surface area contributed by atoms with Crippen LogP contribution in [-0.2, 0) is 13.1 Å². The van der Waals surface area contributed by atoms with E-state index in [0.29, 0.717) is 0 Å². The first-order valence-corrected chi connectivity index (χ1v) is 6.67. The molecule has 2 rings (SSSR count). The van der Waals surface area contributed by atoms with Gasteiger partial charge in [-0.2, -0.15) is 0 Å². The van der Waals surface area contributed by atoms with Crippen LogP contribution in [0.5, 0.6) is 0 Å². The van der Waals surface area contributed by atoms with Crippen LogP contribution in [0.25, 0.3) is 0 Å². The highest BCUT2D eigenvalue weighted by Crippen LogP contribution is 2.13. The summed E-state index contributed by atoms with van der Waals surface area (Å²) in [6, 6.07) is 17.1. The van der Waals surface area contributed by atoms with Gasteiger partial charge in [0.15, 0.2) is 0 Å². The number of hydrogen-bond acceptors (Lipinski definition) is 2. The number of aryl methyl sites for hydroxylation is 1. The van der Waals surface area contributed by atoms with E-state index in [1.807, 2.05) is 0 Å². The Hall–Kier alpha value is -1.80. The summed E-state index contributed by atoms with van der Waals surface area (Å²) in [5, 5.41) is 3.47. The quantitative estimate of drug-likeness (QED) is 0.876. The molecule has 0 spiro atoms. The third-order valence-electron chi connectivity index (χ3n) is 3.20. The molecule has 0 aromatic heterocycles. The molecule has 100 valence electrons. The second-order valence-corrected chi connectivity index (χ2v) is 5.21. The highest BCUT2D eigenvalue weighted by atomic mass is 15.0. The van der Waals surface area contributed by atoms with E-state index >= 15 is 0 Å². The molecule has 0 saturated heterocycles. The van der Waals surface area contributed by atoms with Gasteiger partial charge in [0.25, 0.3) is 0 Å². The molecule has 0 fully saturated rings. The Morgan fingerprint density at radius 1 is 0.947 bits per heavy atom. The maximum Gasteiger partial charge on any atom is 0.0403 e. The van der Waals surface area contributed by atoms with Crippen molar-refractivity contribution in [1.82, 2.24) is 4.90 Å². The molecule has 0 heterocycles. The Morgan fingerprint density at radius 3 is 2.26 bits per heavy atom. The van der Waals surface area contributed by atoms with Gasteiger partial charge < -0.3 is 10.2 Å². The van der Waals surface area contributed by atoms with Crippen molar-refractivity contribution in [2.24, 2.45) is 0 Å². The topological polar surface area (TPSA) is 15.3 Å². The predicted octanol–water partition coefficient (Wildman–Crippen LogP) is 3.67. The fourth-order valence-electron chi connectivity index (χ4n) is 2.10. The smallest absolute Gasteiger partial charge is 0.0403 e. The van der Waals surface area contributed by atoms with Gasteiger partial charge in [-0.15, -0.1) is 0 Å². The zero-order chi connectivity index (χ0) is 13.7. The average molecular weight is 254 g/mol. The number of benzene rings is 2. The van der Waals surface area contributed by atoms with Crippen LogP contribution >= 0.6 is 0 Å². The first-order valence-electron chi connectivity index (χ1n) is 6.67. The molecule has 19 heavy (non-hydrogen) atoms. The second kappa shape index (κ2) is 6.39. The van der Waals surface area contributed by atoms with Crippen LogP contribution in [0.2, 0.25) is 0 Å². The number of anilines is 1. The summed E-state index contributed by atoms with van der Waals surface area (Å²) in [7, 11) is 4.18. The summed E-state index contributed by atoms with van der Waals surface area (Å²) in [5.41, 5.74) is 5.19. The lowest BCUT2D eigenvalue weighted by atomic mass is 10.1. The molecule has 1 N–H and O–H groups in total. The molecule has 0 aliphatic rings. The van der Waals surface area contributed by atoms with Crippen LogP contribution in [0.1, 0.15) is 16.7 Å². The standard InChI is InChI=1S/C17H22N2/c1-14-6-4-5-7-16(14)12-18-17-10-8-15(9-11-17)13-19(2)3/h4-11,18H,12-13H2,1-3H3. The van der Waals surface area contributed by atoms with Gasteiger partial charge in [-0.1, -0.05) is 36.4 Å². The Morgan fingerprint density at radius 2 is 1.63 bits per heavy atom. The van der Waals surface area contributed by atoms with Crippen LogP contribution < -0.4 is 5.32 Å². The van der Waals surface area contributed by atoms with E-state index in [0.717, 1.165) is 13.1 Å². The van der Waals surface area contributed by atoms with Crippen molar-refractivity contribution in [2.75, 3.05) is 19.4 Å². The largest absolute Gasteiger partial charge is 0.381 e. The number of nitrogens with zero attached hydrogens (tertiary/aromatic N) is 1. The highest BCUT2D eigenvalue weighted by molar-refractivity contribution is 5.45. The molecule has 0 aliphatic heterocycles. The summed E-state index contributed by atoms with van der Waals surface area (Å²) in [6.07, 6.45) is 0. The minimum Gasteiger partial charge on any atom is -0.381 e. The van der Waals surface area contributed by atoms with Gasteiger partial charge in [0.2, 0.25) is 0 Å². The van der Waals surface area contributed by atoms with Crippen LogP contribution in [0.15, 0.2) is 48.5 Å². The number of hydrogen-bond donors (Lipinski definition) is 1. The molecule has 2 aromatic rings. The van der Waals surface area contributed by atoms with E-state index in [2.05, 4.69) is 79.8 Å². The van der Waals surface area contributed by atoms with Crippen molar-refractivity contribution in [1.29, 1.82) is 0 Å². The molecular weight excluding hydrogens is 232 g/mol. The monoisotopic (exact) mass is 254 g/mol. The van der Waals surface area contributed by atoms with Gasteiger partial charge in [0, 0.05) is 18.8 Å². The number of rotatable bonds is 5. The minimum absolute atomic E-state index is 0.875. The molecule has 0 bridgehead atoms. The summed E-state index contributed by atoms with van der Waals surface area (Å²) >= 11 is 0. The predicted molar refractivity (Wildman–Crippen MR) is 82.3 cm³/mol. The van der Waals surface area contributed by atoms with Crippen LogP contribution in [0.3, 0.4) is 0 Å². The normalized spacial score (nSPS) is 10.7. The molecular formula is C17H22N2. The van der Waals surface area contributed by atoms with E-state index in [9.17, 15) is 0 Å². The lowest BCUT2D eigenvalue weighted by molar-refractivity contribution is 0.402. The van der Waals surface area contributed by atoms with Crippen molar-refractivity contribution >= 4 is 5.69 Å². The summed E-state index contributed by atoms with van der Waals surface area (Å²) in [5.74, 6) is 0. The summed E-state index contributed by atoms with van der Waals surface area (Å²) in [4.78, 5) is 2.18. The van der Waals surface area contributed by atoms with Gasteiger partial charge in [0.1, 0.15) is 0 Å². The third kappa shape index (κ3) is 4.11. The molecule has 2 heteroatoms. The average Bonchev–Trinajstić information content (AvgIpc) is 2.39. The second-order valence-electron chi connectivity index (χ2n) is 5.21. The SMILES string of the molecule is Cc1ccccc1CNc1ccc(CN(C)C)cc1. The van der Waals surface area contributed by atoms with Crippen LogP contribution in [0.4, 0.5) is 5.69 Å². The zero-order valence-electron chi connectivity index (χ0n) is 12.0. The molecule has 0 aliphatic carbocycles. The Labute approximate surface area is 116 Å². The zero-order valence-corrected chi connectivity index (χ0v) is 12.0. The first-order chi connectivity index (χ1) is 9.15. The van der Waals surface area contributed by atoms with E-state index in [-0.39, 0.29) is 0 Å². The maximum absolute atomic E-state index is 3.47. The molecule has 0 unspecified atom stereocenters. The van der Waals surface area contributed by atoms with E-state index < -0.39 is 0 Å². The molecule has 0 saturated carbocycles. The lowest BCUT2D eigenvalue weighted by Gasteiger charge is -2.12. The molecule has 0 radical (unpaired) electrons. The van der Waals surface area contributed by atoms with Gasteiger partial charge in [-0.05, 0) is 49.8 Å². The van der Waals surface area contributed by atoms with Gasteiger partial charge in [-0.25, -0.2) is 0 Å². The van der Waals surface area contributed by atoms with Gasteiger partial charge in [-0.3, -0.25) is 0 Å². The van der Waals surface area contributed by atoms with Crippen molar-refractivity contribution in [3.8, 4) is 0 Å². The summed E-state index contributed by atoms with van der Waals surface area (Å²) in [6.45, 7) is 4.01. The molecule has 0 amide bonds. The van der Waals surface area contributed by atoms with Crippen molar-refractivity contribution in [2.45, 2.75) is 20.0 Å². The van der Waals surface area contributed by atoms with Crippen LogP contribution in [-0.4, -0.2) is 19.0 Å². The van der Waals surface area contributed by atoms with E-state index in [1.165, 1.54) is 22.4 Å². The Kier molecular flexibility index (Phi) is 4.58. The minimum atomic E-state index is 0.875. The van der Waals surface area contributed by atoms with E-state index in [1.54, 1.807) is 0 Å². The fraction of sp³-hybridized carbons (Fsp3) is 0.294. The van der Waals surface area contributed by atoms with Crippen molar-refractivity contribution < 1.29 is 0 Å². The molecule has 0 atom stereocenters. The van der Waals surface area contributed by atoms with Crippen LogP contribution in [0, 0.1) is 6.92 Å². The summed E-state index contributed by atoms with van der Waals surface area (Å²) < 4.78 is 0. The van der Waals surface area contributed by atoms with Gasteiger partial charge >= 0.3 is 0 Å². The first kappa shape index (κ1) is 13.6.